The summed E-state index contributed by atoms with van der Waals surface area (Å²) in [4.78, 5) is 13.3. The number of carboxylic acid groups (broad SMARTS) is 1. The van der Waals surface area contributed by atoms with Crippen LogP contribution in [0.15, 0.2) is 30.5 Å². The van der Waals surface area contributed by atoms with E-state index in [9.17, 15) is 4.79 Å². The van der Waals surface area contributed by atoms with E-state index in [0.29, 0.717) is 11.6 Å². The van der Waals surface area contributed by atoms with Crippen LogP contribution in [-0.2, 0) is 19.6 Å². The lowest BCUT2D eigenvalue weighted by Crippen LogP contribution is -2.16. The molecule has 0 saturated carbocycles. The van der Waals surface area contributed by atoms with Crippen LogP contribution in [-0.4, -0.2) is 25.8 Å². The normalized spacial score (nSPS) is 14.6. The van der Waals surface area contributed by atoms with Gasteiger partial charge in [-0.3, -0.25) is 9.58 Å². The van der Waals surface area contributed by atoms with Gasteiger partial charge >= 0.3 is 5.97 Å². The Kier molecular flexibility index (Phi) is 3.51. The summed E-state index contributed by atoms with van der Waals surface area (Å²) in [5, 5.41) is 13.6. The van der Waals surface area contributed by atoms with Gasteiger partial charge in [-0.05, 0) is 43.2 Å². The number of rotatable bonds is 4. The SMILES string of the molecule is CC(C)n1ccc(CN2Cc3ccc(C(=O)O)cc3C2)n1. The van der Waals surface area contributed by atoms with E-state index in [-0.39, 0.29) is 0 Å². The zero-order valence-corrected chi connectivity index (χ0v) is 12.3. The predicted octanol–water partition coefficient (Wildman–Crippen LogP) is 2.68. The molecule has 0 radical (unpaired) electrons. The van der Waals surface area contributed by atoms with Crippen molar-refractivity contribution in [2.75, 3.05) is 0 Å². The Balaban J connectivity index is 1.70. The molecule has 0 unspecified atom stereocenters. The molecule has 1 aliphatic heterocycles. The van der Waals surface area contributed by atoms with E-state index in [1.54, 1.807) is 12.1 Å². The van der Waals surface area contributed by atoms with Crippen molar-refractivity contribution in [3.05, 3.63) is 52.8 Å². The smallest absolute Gasteiger partial charge is 0.335 e. The highest BCUT2D eigenvalue weighted by Gasteiger charge is 2.21. The van der Waals surface area contributed by atoms with Crippen molar-refractivity contribution < 1.29 is 9.90 Å². The average molecular weight is 285 g/mol. The molecule has 1 aromatic carbocycles. The zero-order valence-electron chi connectivity index (χ0n) is 12.3. The molecule has 0 amide bonds. The van der Waals surface area contributed by atoms with Crippen LogP contribution < -0.4 is 0 Å². The Bertz CT molecular complexity index is 676. The fraction of sp³-hybridized carbons (Fsp3) is 0.375. The first-order valence-corrected chi connectivity index (χ1v) is 7.14. The molecular formula is C16H19N3O2. The minimum atomic E-state index is -0.869. The van der Waals surface area contributed by atoms with Crippen molar-refractivity contribution in [1.82, 2.24) is 14.7 Å². The summed E-state index contributed by atoms with van der Waals surface area (Å²) >= 11 is 0. The minimum absolute atomic E-state index is 0.361. The van der Waals surface area contributed by atoms with Crippen LogP contribution in [0.1, 0.15) is 47.1 Å². The quantitative estimate of drug-likeness (QED) is 0.938. The highest BCUT2D eigenvalue weighted by atomic mass is 16.4. The fourth-order valence-corrected chi connectivity index (χ4v) is 2.69. The lowest BCUT2D eigenvalue weighted by atomic mass is 10.1. The molecule has 0 fully saturated rings. The van der Waals surface area contributed by atoms with Crippen LogP contribution in [0.4, 0.5) is 0 Å². The number of benzene rings is 1. The van der Waals surface area contributed by atoms with Crippen molar-refractivity contribution in [2.45, 2.75) is 39.5 Å². The van der Waals surface area contributed by atoms with E-state index in [0.717, 1.165) is 30.9 Å². The van der Waals surface area contributed by atoms with E-state index in [1.165, 1.54) is 5.56 Å². The van der Waals surface area contributed by atoms with Gasteiger partial charge in [0.1, 0.15) is 0 Å². The molecule has 2 heterocycles. The lowest BCUT2D eigenvalue weighted by molar-refractivity contribution is 0.0696. The summed E-state index contributed by atoms with van der Waals surface area (Å²) in [6, 6.07) is 7.80. The van der Waals surface area contributed by atoms with Gasteiger partial charge in [-0.1, -0.05) is 6.07 Å². The Labute approximate surface area is 123 Å². The average Bonchev–Trinajstić information content (AvgIpc) is 3.03. The molecule has 0 spiro atoms. The standard InChI is InChI=1S/C16H19N3O2/c1-11(2)19-6-5-15(17-19)10-18-8-13-4-3-12(16(20)21)7-14(13)9-18/h3-7,11H,8-10H2,1-2H3,(H,20,21). The Morgan fingerprint density at radius 2 is 2.05 bits per heavy atom. The molecule has 2 aromatic rings. The van der Waals surface area contributed by atoms with Crippen LogP contribution in [0.2, 0.25) is 0 Å². The number of aromatic nitrogens is 2. The monoisotopic (exact) mass is 285 g/mol. The van der Waals surface area contributed by atoms with E-state index in [4.69, 9.17) is 5.11 Å². The summed E-state index contributed by atoms with van der Waals surface area (Å²) < 4.78 is 1.96. The zero-order chi connectivity index (χ0) is 15.0. The maximum Gasteiger partial charge on any atom is 0.335 e. The number of aromatic carboxylic acids is 1. The number of carbonyl (C=O) groups is 1. The summed E-state index contributed by atoms with van der Waals surface area (Å²) in [5.74, 6) is -0.869. The third kappa shape index (κ3) is 2.83. The largest absolute Gasteiger partial charge is 0.478 e. The minimum Gasteiger partial charge on any atom is -0.478 e. The van der Waals surface area contributed by atoms with E-state index < -0.39 is 5.97 Å². The Morgan fingerprint density at radius 1 is 1.29 bits per heavy atom. The molecule has 1 N–H and O–H groups in total. The molecule has 1 aliphatic rings. The maximum absolute atomic E-state index is 11.0. The second-order valence-electron chi connectivity index (χ2n) is 5.81. The number of fused-ring (bicyclic) bond motifs is 1. The molecule has 0 saturated heterocycles. The molecule has 0 atom stereocenters. The van der Waals surface area contributed by atoms with Crippen LogP contribution in [0, 0.1) is 0 Å². The van der Waals surface area contributed by atoms with Crippen molar-refractivity contribution in [3.8, 4) is 0 Å². The molecule has 21 heavy (non-hydrogen) atoms. The van der Waals surface area contributed by atoms with Gasteiger partial charge in [0, 0.05) is 31.9 Å². The highest BCUT2D eigenvalue weighted by Crippen LogP contribution is 2.25. The molecular weight excluding hydrogens is 266 g/mol. The number of hydrogen-bond acceptors (Lipinski definition) is 3. The first-order chi connectivity index (χ1) is 10.0. The molecule has 3 rings (SSSR count). The molecule has 0 aliphatic carbocycles. The van der Waals surface area contributed by atoms with E-state index in [2.05, 4.69) is 23.8 Å². The van der Waals surface area contributed by atoms with Crippen LogP contribution in [0.3, 0.4) is 0 Å². The molecule has 5 heteroatoms. The van der Waals surface area contributed by atoms with Crippen LogP contribution >= 0.6 is 0 Å². The van der Waals surface area contributed by atoms with Gasteiger partial charge in [-0.15, -0.1) is 0 Å². The second kappa shape index (κ2) is 5.33. The van der Waals surface area contributed by atoms with Gasteiger partial charge in [-0.2, -0.15) is 5.10 Å². The summed E-state index contributed by atoms with van der Waals surface area (Å²) in [6.07, 6.45) is 2.01. The lowest BCUT2D eigenvalue weighted by Gasteiger charge is -2.12. The first-order valence-electron chi connectivity index (χ1n) is 7.14. The van der Waals surface area contributed by atoms with Crippen molar-refractivity contribution in [1.29, 1.82) is 0 Å². The molecule has 0 bridgehead atoms. The second-order valence-corrected chi connectivity index (χ2v) is 5.81. The summed E-state index contributed by atoms with van der Waals surface area (Å²) in [6.45, 7) is 6.64. The molecule has 110 valence electrons. The van der Waals surface area contributed by atoms with Crippen molar-refractivity contribution in [3.63, 3.8) is 0 Å². The van der Waals surface area contributed by atoms with E-state index in [1.807, 2.05) is 23.0 Å². The molecule has 1 aromatic heterocycles. The van der Waals surface area contributed by atoms with Crippen LogP contribution in [0.25, 0.3) is 0 Å². The first kappa shape index (κ1) is 13.8. The fourth-order valence-electron chi connectivity index (χ4n) is 2.69. The highest BCUT2D eigenvalue weighted by molar-refractivity contribution is 5.87. The van der Waals surface area contributed by atoms with E-state index >= 15 is 0 Å². The summed E-state index contributed by atoms with van der Waals surface area (Å²) in [5.41, 5.74) is 3.73. The van der Waals surface area contributed by atoms with Gasteiger partial charge < -0.3 is 5.11 Å². The Hall–Kier alpha value is -2.14. The third-order valence-electron chi connectivity index (χ3n) is 3.82. The van der Waals surface area contributed by atoms with Crippen LogP contribution in [0.5, 0.6) is 0 Å². The van der Waals surface area contributed by atoms with Gasteiger partial charge in [-0.25, -0.2) is 4.79 Å². The summed E-state index contributed by atoms with van der Waals surface area (Å²) in [7, 11) is 0. The van der Waals surface area contributed by atoms with Gasteiger partial charge in [0.05, 0.1) is 11.3 Å². The van der Waals surface area contributed by atoms with Crippen molar-refractivity contribution in [2.24, 2.45) is 0 Å². The van der Waals surface area contributed by atoms with Crippen molar-refractivity contribution >= 4 is 5.97 Å². The number of hydrogen-bond donors (Lipinski definition) is 1. The van der Waals surface area contributed by atoms with Gasteiger partial charge in [0.25, 0.3) is 0 Å². The maximum atomic E-state index is 11.0. The topological polar surface area (TPSA) is 58.4 Å². The Morgan fingerprint density at radius 3 is 2.71 bits per heavy atom. The van der Waals surface area contributed by atoms with Gasteiger partial charge in [0.15, 0.2) is 0 Å². The molecule has 5 nitrogen and oxygen atoms in total. The predicted molar refractivity (Wildman–Crippen MR) is 79.0 cm³/mol. The number of nitrogens with zero attached hydrogens (tertiary/aromatic N) is 3. The third-order valence-corrected chi connectivity index (χ3v) is 3.82. The van der Waals surface area contributed by atoms with Gasteiger partial charge in [0.2, 0.25) is 0 Å². The number of carboxylic acids is 1.